The van der Waals surface area contributed by atoms with Gasteiger partial charge in [0, 0.05) is 29.0 Å². The fourth-order valence-corrected chi connectivity index (χ4v) is 4.67. The largest absolute Gasteiger partial charge is 0.496 e. The second kappa shape index (κ2) is 7.25. The first-order valence-corrected chi connectivity index (χ1v) is 9.05. The number of benzene rings is 1. The molecule has 0 aliphatic heterocycles. The van der Waals surface area contributed by atoms with Crippen LogP contribution in [0.4, 0.5) is 0 Å². The van der Waals surface area contributed by atoms with Crippen molar-refractivity contribution < 1.29 is 28.5 Å². The monoisotopic (exact) mass is 374 g/mol. The van der Waals surface area contributed by atoms with Crippen molar-refractivity contribution in [2.24, 2.45) is 11.3 Å². The number of hydrogen-bond donors (Lipinski definition) is 0. The summed E-state index contributed by atoms with van der Waals surface area (Å²) in [5.74, 6) is -0.386. The van der Waals surface area contributed by atoms with Crippen molar-refractivity contribution in [2.75, 3.05) is 28.4 Å². The molecule has 0 bridgehead atoms. The average Bonchev–Trinajstić information content (AvgIpc) is 2.93. The Kier molecular flexibility index (Phi) is 5.18. The van der Waals surface area contributed by atoms with Crippen LogP contribution in [-0.2, 0) is 14.3 Å². The van der Waals surface area contributed by atoms with Gasteiger partial charge >= 0.3 is 5.97 Å². The molecule has 2 aliphatic rings. The summed E-state index contributed by atoms with van der Waals surface area (Å²) < 4.78 is 21.6. The number of rotatable bonds is 5. The zero-order valence-corrected chi connectivity index (χ0v) is 16.5. The second-order valence-corrected chi connectivity index (χ2v) is 7.22. The van der Waals surface area contributed by atoms with E-state index in [9.17, 15) is 9.59 Å². The van der Waals surface area contributed by atoms with Gasteiger partial charge < -0.3 is 18.9 Å². The first kappa shape index (κ1) is 19.3. The molecule has 0 radical (unpaired) electrons. The van der Waals surface area contributed by atoms with Crippen molar-refractivity contribution in [1.82, 2.24) is 0 Å². The minimum Gasteiger partial charge on any atom is -0.496 e. The zero-order valence-electron chi connectivity index (χ0n) is 16.5. The molecule has 1 saturated carbocycles. The molecule has 2 aliphatic carbocycles. The van der Waals surface area contributed by atoms with Crippen LogP contribution in [0.5, 0.6) is 17.2 Å². The Morgan fingerprint density at radius 1 is 1.07 bits per heavy atom. The number of carbonyl (C=O) groups is 2. The molecule has 1 aromatic rings. The van der Waals surface area contributed by atoms with E-state index in [0.717, 1.165) is 19.3 Å². The lowest BCUT2D eigenvalue weighted by Gasteiger charge is -2.37. The van der Waals surface area contributed by atoms with Gasteiger partial charge in [0.25, 0.3) is 0 Å². The smallest absolute Gasteiger partial charge is 0.317 e. The maximum absolute atomic E-state index is 13.2. The summed E-state index contributed by atoms with van der Waals surface area (Å²) in [6, 6.07) is 3.51. The van der Waals surface area contributed by atoms with E-state index in [2.05, 4.69) is 0 Å². The Hall–Kier alpha value is -2.50. The highest BCUT2D eigenvalue weighted by Crippen LogP contribution is 2.61. The molecule has 0 saturated heterocycles. The maximum Gasteiger partial charge on any atom is 0.317 e. The third-order valence-electron chi connectivity index (χ3n) is 5.95. The van der Waals surface area contributed by atoms with Crippen LogP contribution in [-0.4, -0.2) is 40.2 Å². The van der Waals surface area contributed by atoms with Crippen LogP contribution in [0.3, 0.4) is 0 Å². The minimum absolute atomic E-state index is 0.158. The zero-order chi connectivity index (χ0) is 19.8. The average molecular weight is 374 g/mol. The van der Waals surface area contributed by atoms with Crippen LogP contribution in [0.2, 0.25) is 0 Å². The van der Waals surface area contributed by atoms with E-state index in [4.69, 9.17) is 18.9 Å². The number of Topliss-reactive ketones (excluding diaryl/α,β-unsaturated/α-hetero) is 1. The molecule has 1 aromatic carbocycles. The van der Waals surface area contributed by atoms with Gasteiger partial charge in [-0.3, -0.25) is 9.59 Å². The van der Waals surface area contributed by atoms with E-state index in [1.165, 1.54) is 7.11 Å². The summed E-state index contributed by atoms with van der Waals surface area (Å²) >= 11 is 0. The van der Waals surface area contributed by atoms with Crippen LogP contribution in [0.1, 0.15) is 37.7 Å². The molecule has 1 unspecified atom stereocenters. The van der Waals surface area contributed by atoms with Gasteiger partial charge in [-0.1, -0.05) is 13.0 Å². The lowest BCUT2D eigenvalue weighted by Crippen LogP contribution is -2.31. The van der Waals surface area contributed by atoms with Gasteiger partial charge in [0.05, 0.1) is 28.4 Å². The molecule has 0 N–H and O–H groups in total. The molecule has 27 heavy (non-hydrogen) atoms. The molecule has 0 amide bonds. The summed E-state index contributed by atoms with van der Waals surface area (Å²) in [6.07, 6.45) is 4.58. The number of carbonyl (C=O) groups excluding carboxylic acids is 2. The van der Waals surface area contributed by atoms with Crippen molar-refractivity contribution >= 4 is 11.8 Å². The highest BCUT2D eigenvalue weighted by atomic mass is 16.5. The number of ketones is 1. The normalized spacial score (nSPS) is 26.9. The molecule has 3 atom stereocenters. The summed E-state index contributed by atoms with van der Waals surface area (Å²) in [4.78, 5) is 25.8. The van der Waals surface area contributed by atoms with Gasteiger partial charge in [-0.15, -0.1) is 0 Å². The van der Waals surface area contributed by atoms with E-state index < -0.39 is 23.2 Å². The summed E-state index contributed by atoms with van der Waals surface area (Å²) in [5, 5.41) is 0. The molecule has 1 fully saturated rings. The number of hydrogen-bond acceptors (Lipinski definition) is 6. The van der Waals surface area contributed by atoms with E-state index in [1.54, 1.807) is 33.5 Å². The van der Waals surface area contributed by atoms with Gasteiger partial charge in [0.2, 0.25) is 0 Å². The highest BCUT2D eigenvalue weighted by molar-refractivity contribution is 6.13. The van der Waals surface area contributed by atoms with E-state index in [1.807, 2.05) is 13.0 Å². The highest BCUT2D eigenvalue weighted by Gasteiger charge is 2.59. The standard InChI is InChI=1S/C21H26O6/c1-21-9-7-6-8-13(21)19(22)17(20(23)27-5)18(21)16-14(25-3)10-12(24-2)11-15(16)26-4/h8,10-11,17-18H,6-7,9H2,1-5H3/t17?,18-,21-/m0/s1. The molecule has 3 rings (SSSR count). The Balaban J connectivity index is 2.29. The minimum atomic E-state index is -0.916. The van der Waals surface area contributed by atoms with Crippen molar-refractivity contribution in [3.05, 3.63) is 29.3 Å². The van der Waals surface area contributed by atoms with Crippen LogP contribution in [0.25, 0.3) is 0 Å². The Morgan fingerprint density at radius 3 is 2.22 bits per heavy atom. The lowest BCUT2D eigenvalue weighted by atomic mass is 9.66. The van der Waals surface area contributed by atoms with E-state index in [0.29, 0.717) is 28.4 Å². The van der Waals surface area contributed by atoms with Gasteiger partial charge in [-0.05, 0) is 24.8 Å². The summed E-state index contributed by atoms with van der Waals surface area (Å²) in [7, 11) is 5.99. The molecule has 6 nitrogen and oxygen atoms in total. The van der Waals surface area contributed by atoms with Crippen molar-refractivity contribution in [1.29, 1.82) is 0 Å². The van der Waals surface area contributed by atoms with E-state index >= 15 is 0 Å². The molecular formula is C21H26O6. The first-order valence-electron chi connectivity index (χ1n) is 9.05. The molecule has 146 valence electrons. The fourth-order valence-electron chi connectivity index (χ4n) is 4.67. The summed E-state index contributed by atoms with van der Waals surface area (Å²) in [6.45, 7) is 2.05. The second-order valence-electron chi connectivity index (χ2n) is 7.22. The van der Waals surface area contributed by atoms with Crippen LogP contribution in [0.15, 0.2) is 23.8 Å². The van der Waals surface area contributed by atoms with Gasteiger partial charge in [0.1, 0.15) is 23.2 Å². The molecule has 0 heterocycles. The van der Waals surface area contributed by atoms with Crippen molar-refractivity contribution in [3.63, 3.8) is 0 Å². The Labute approximate surface area is 159 Å². The lowest BCUT2D eigenvalue weighted by molar-refractivity contribution is -0.148. The predicted octanol–water partition coefficient (Wildman–Crippen LogP) is 3.28. The Morgan fingerprint density at radius 2 is 1.70 bits per heavy atom. The summed E-state index contributed by atoms with van der Waals surface area (Å²) in [5.41, 5.74) is 0.940. The molecular weight excluding hydrogens is 348 g/mol. The van der Waals surface area contributed by atoms with Crippen molar-refractivity contribution in [2.45, 2.75) is 32.1 Å². The Bertz CT molecular complexity index is 771. The SMILES string of the molecule is COC(=O)C1C(=O)C2=CCCC[C@]2(C)[C@H]1c1c(OC)cc(OC)cc1OC. The molecule has 0 spiro atoms. The number of methoxy groups -OCH3 is 4. The number of ether oxygens (including phenoxy) is 4. The van der Waals surface area contributed by atoms with Crippen molar-refractivity contribution in [3.8, 4) is 17.2 Å². The molecule has 0 aromatic heterocycles. The third kappa shape index (κ3) is 2.87. The number of fused-ring (bicyclic) bond motifs is 1. The quantitative estimate of drug-likeness (QED) is 0.582. The van der Waals surface area contributed by atoms with E-state index in [-0.39, 0.29) is 5.78 Å². The van der Waals surface area contributed by atoms with Crippen LogP contribution < -0.4 is 14.2 Å². The fraction of sp³-hybridized carbons (Fsp3) is 0.524. The van der Waals surface area contributed by atoms with Gasteiger partial charge in [-0.2, -0.15) is 0 Å². The van der Waals surface area contributed by atoms with Crippen LogP contribution in [0, 0.1) is 11.3 Å². The first-order chi connectivity index (χ1) is 12.9. The predicted molar refractivity (Wildman–Crippen MR) is 99.4 cm³/mol. The topological polar surface area (TPSA) is 71.1 Å². The number of allylic oxidation sites excluding steroid dienone is 2. The van der Waals surface area contributed by atoms with Crippen LogP contribution >= 0.6 is 0 Å². The third-order valence-corrected chi connectivity index (χ3v) is 5.95. The maximum atomic E-state index is 13.2. The molecule has 6 heteroatoms. The van der Waals surface area contributed by atoms with Gasteiger partial charge in [0.15, 0.2) is 5.78 Å². The number of esters is 1. The van der Waals surface area contributed by atoms with Gasteiger partial charge in [-0.25, -0.2) is 0 Å².